The van der Waals surface area contributed by atoms with Crippen molar-refractivity contribution in [2.75, 3.05) is 33.1 Å². The van der Waals surface area contributed by atoms with Crippen LogP contribution in [0.3, 0.4) is 0 Å². The van der Waals surface area contributed by atoms with Gasteiger partial charge in [0.2, 0.25) is 0 Å². The molecule has 0 fully saturated rings. The van der Waals surface area contributed by atoms with Crippen molar-refractivity contribution >= 4 is 5.69 Å². The van der Waals surface area contributed by atoms with Crippen LogP contribution in [0.15, 0.2) is 12.3 Å². The molecule has 0 aromatic carbocycles. The van der Waals surface area contributed by atoms with Gasteiger partial charge < -0.3 is 15.0 Å². The number of rotatable bonds is 5. The van der Waals surface area contributed by atoms with Crippen molar-refractivity contribution in [3.05, 3.63) is 18.0 Å². The minimum atomic E-state index is 0.471. The van der Waals surface area contributed by atoms with Gasteiger partial charge >= 0.3 is 0 Å². The molecule has 1 heterocycles. The van der Waals surface area contributed by atoms with Gasteiger partial charge in [0, 0.05) is 18.3 Å². The van der Waals surface area contributed by atoms with E-state index in [0.717, 1.165) is 23.7 Å². The van der Waals surface area contributed by atoms with Crippen LogP contribution in [0.4, 0.5) is 5.69 Å². The van der Waals surface area contributed by atoms with E-state index in [0.29, 0.717) is 6.04 Å². The third-order valence-electron chi connectivity index (χ3n) is 2.69. The van der Waals surface area contributed by atoms with Crippen LogP contribution in [-0.2, 0) is 0 Å². The highest BCUT2D eigenvalue weighted by Crippen LogP contribution is 2.23. The summed E-state index contributed by atoms with van der Waals surface area (Å²) in [7, 11) is 5.80. The maximum Gasteiger partial charge on any atom is 0.160 e. The molecule has 0 radical (unpaired) electrons. The summed E-state index contributed by atoms with van der Waals surface area (Å²) in [4.78, 5) is 6.37. The van der Waals surface area contributed by atoms with Crippen molar-refractivity contribution in [2.45, 2.75) is 19.9 Å². The number of hydrogen-bond acceptors (Lipinski definition) is 4. The molecule has 0 aliphatic carbocycles. The fourth-order valence-corrected chi connectivity index (χ4v) is 1.29. The Hall–Kier alpha value is -1.29. The maximum absolute atomic E-state index is 5.25. The number of nitrogens with zero attached hydrogens (tertiary/aromatic N) is 2. The monoisotopic (exact) mass is 223 g/mol. The summed E-state index contributed by atoms with van der Waals surface area (Å²) in [6.07, 6.45) is 1.75. The number of likely N-dealkylation sites (N-methyl/N-ethyl adjacent to an activating group) is 1. The lowest BCUT2D eigenvalue weighted by Crippen LogP contribution is -2.31. The van der Waals surface area contributed by atoms with E-state index in [2.05, 4.69) is 36.2 Å². The molecule has 0 saturated heterocycles. The Morgan fingerprint density at radius 2 is 2.19 bits per heavy atom. The number of nitrogens with one attached hydrogen (secondary N) is 1. The Morgan fingerprint density at radius 3 is 2.75 bits per heavy atom. The predicted octanol–water partition coefficient (Wildman–Crippen LogP) is 1.76. The summed E-state index contributed by atoms with van der Waals surface area (Å²) < 4.78 is 5.25. The molecule has 1 aromatic heterocycles. The zero-order chi connectivity index (χ0) is 12.1. The Bertz CT molecular complexity index is 339. The van der Waals surface area contributed by atoms with E-state index in [9.17, 15) is 0 Å². The van der Waals surface area contributed by atoms with Crippen molar-refractivity contribution in [3.63, 3.8) is 0 Å². The summed E-state index contributed by atoms with van der Waals surface area (Å²) in [6, 6.07) is 2.47. The van der Waals surface area contributed by atoms with Crippen LogP contribution in [0.2, 0.25) is 0 Å². The van der Waals surface area contributed by atoms with Crippen LogP contribution >= 0.6 is 0 Å². The van der Waals surface area contributed by atoms with E-state index in [4.69, 9.17) is 4.74 Å². The van der Waals surface area contributed by atoms with Crippen LogP contribution in [0.25, 0.3) is 0 Å². The second-order valence-electron chi connectivity index (χ2n) is 4.22. The average Bonchev–Trinajstić information content (AvgIpc) is 2.25. The van der Waals surface area contributed by atoms with Crippen molar-refractivity contribution in [1.29, 1.82) is 0 Å². The molecule has 0 aliphatic rings. The Balaban J connectivity index is 2.68. The first kappa shape index (κ1) is 12.8. The molecular formula is C12H21N3O. The highest BCUT2D eigenvalue weighted by atomic mass is 16.5. The first-order valence-electron chi connectivity index (χ1n) is 5.45. The van der Waals surface area contributed by atoms with E-state index in [1.165, 1.54) is 0 Å². The zero-order valence-electron chi connectivity index (χ0n) is 10.7. The summed E-state index contributed by atoms with van der Waals surface area (Å²) >= 11 is 0. The van der Waals surface area contributed by atoms with Gasteiger partial charge in [-0.25, -0.2) is 0 Å². The summed E-state index contributed by atoms with van der Waals surface area (Å²) in [6.45, 7) is 5.03. The highest BCUT2D eigenvalue weighted by Gasteiger charge is 2.07. The summed E-state index contributed by atoms with van der Waals surface area (Å²) in [5, 5.41) is 3.38. The van der Waals surface area contributed by atoms with Gasteiger partial charge in [-0.1, -0.05) is 0 Å². The number of hydrogen-bond donors (Lipinski definition) is 1. The summed E-state index contributed by atoms with van der Waals surface area (Å²) in [5.74, 6) is 0.788. The smallest absolute Gasteiger partial charge is 0.160 e. The zero-order valence-corrected chi connectivity index (χ0v) is 10.7. The first-order chi connectivity index (χ1) is 7.54. The third kappa shape index (κ3) is 3.38. The van der Waals surface area contributed by atoms with Crippen LogP contribution in [-0.4, -0.2) is 43.7 Å². The van der Waals surface area contributed by atoms with Crippen molar-refractivity contribution < 1.29 is 4.74 Å². The van der Waals surface area contributed by atoms with E-state index >= 15 is 0 Å². The highest BCUT2D eigenvalue weighted by molar-refractivity contribution is 5.55. The molecule has 0 amide bonds. The van der Waals surface area contributed by atoms with Gasteiger partial charge in [0.1, 0.15) is 0 Å². The normalized spacial score (nSPS) is 12.6. The van der Waals surface area contributed by atoms with Gasteiger partial charge in [0.25, 0.3) is 0 Å². The molecule has 1 rings (SSSR count). The number of ether oxygens (including phenoxy) is 1. The lowest BCUT2D eigenvalue weighted by atomic mass is 10.2. The number of aryl methyl sites for hydroxylation is 1. The first-order valence-corrected chi connectivity index (χ1v) is 5.45. The number of pyridine rings is 1. The van der Waals surface area contributed by atoms with Gasteiger partial charge in [0.05, 0.1) is 19.0 Å². The summed E-state index contributed by atoms with van der Waals surface area (Å²) in [5.41, 5.74) is 1.99. The van der Waals surface area contributed by atoms with E-state index in [-0.39, 0.29) is 0 Å². The average molecular weight is 223 g/mol. The number of aromatic nitrogens is 1. The van der Waals surface area contributed by atoms with E-state index in [1.807, 2.05) is 13.0 Å². The molecule has 1 unspecified atom stereocenters. The number of anilines is 1. The molecule has 0 aliphatic heterocycles. The molecule has 0 bridgehead atoms. The Kier molecular flexibility index (Phi) is 4.55. The third-order valence-corrected chi connectivity index (χ3v) is 2.69. The molecule has 0 saturated carbocycles. The van der Waals surface area contributed by atoms with Crippen LogP contribution < -0.4 is 10.1 Å². The van der Waals surface area contributed by atoms with Gasteiger partial charge in [0.15, 0.2) is 5.75 Å². The van der Waals surface area contributed by atoms with Gasteiger partial charge in [-0.05, 0) is 34.0 Å². The Labute approximate surface area is 97.6 Å². The molecular weight excluding hydrogens is 202 g/mol. The number of methoxy groups -OCH3 is 1. The standard InChI is InChI=1S/C12H21N3O/c1-9-6-11(12(16-5)8-13-9)14-7-10(2)15(3)4/h6,8,10H,7H2,1-5H3,(H,13,14). The van der Waals surface area contributed by atoms with E-state index in [1.54, 1.807) is 13.3 Å². The maximum atomic E-state index is 5.25. The predicted molar refractivity (Wildman–Crippen MR) is 67.2 cm³/mol. The molecule has 4 nitrogen and oxygen atoms in total. The molecule has 1 aromatic rings. The molecule has 1 atom stereocenters. The largest absolute Gasteiger partial charge is 0.493 e. The topological polar surface area (TPSA) is 37.4 Å². The molecule has 16 heavy (non-hydrogen) atoms. The van der Waals surface area contributed by atoms with Crippen molar-refractivity contribution in [1.82, 2.24) is 9.88 Å². The fourth-order valence-electron chi connectivity index (χ4n) is 1.29. The van der Waals surface area contributed by atoms with E-state index < -0.39 is 0 Å². The van der Waals surface area contributed by atoms with Crippen LogP contribution in [0.1, 0.15) is 12.6 Å². The minimum absolute atomic E-state index is 0.471. The lowest BCUT2D eigenvalue weighted by Gasteiger charge is -2.21. The molecule has 90 valence electrons. The van der Waals surface area contributed by atoms with Crippen LogP contribution in [0, 0.1) is 6.92 Å². The van der Waals surface area contributed by atoms with Crippen molar-refractivity contribution in [3.8, 4) is 5.75 Å². The second-order valence-corrected chi connectivity index (χ2v) is 4.22. The van der Waals surface area contributed by atoms with Gasteiger partial charge in [-0.15, -0.1) is 0 Å². The van der Waals surface area contributed by atoms with Gasteiger partial charge in [-0.2, -0.15) is 0 Å². The quantitative estimate of drug-likeness (QED) is 0.825. The fraction of sp³-hybridized carbons (Fsp3) is 0.583. The molecule has 0 spiro atoms. The Morgan fingerprint density at radius 1 is 1.50 bits per heavy atom. The molecule has 1 N–H and O–H groups in total. The minimum Gasteiger partial charge on any atom is -0.493 e. The van der Waals surface area contributed by atoms with Crippen molar-refractivity contribution in [2.24, 2.45) is 0 Å². The van der Waals surface area contributed by atoms with Gasteiger partial charge in [-0.3, -0.25) is 4.98 Å². The van der Waals surface area contributed by atoms with Crippen LogP contribution in [0.5, 0.6) is 5.75 Å². The SMILES string of the molecule is COc1cnc(C)cc1NCC(C)N(C)C. The lowest BCUT2D eigenvalue weighted by molar-refractivity contribution is 0.325. The molecule has 4 heteroatoms. The second kappa shape index (κ2) is 5.70.